The van der Waals surface area contributed by atoms with Crippen LogP contribution in [0.2, 0.25) is 0 Å². The van der Waals surface area contributed by atoms with E-state index in [4.69, 9.17) is 5.11 Å². The minimum Gasteiger partial charge on any atom is -0.481 e. The summed E-state index contributed by atoms with van der Waals surface area (Å²) in [6, 6.07) is 0. The number of carbonyl (C=O) groups is 2. The molecule has 0 spiro atoms. The van der Waals surface area contributed by atoms with E-state index in [1.807, 2.05) is 0 Å². The molecule has 2 N–H and O–H groups in total. The maximum Gasteiger partial charge on any atom is 0.304 e. The van der Waals surface area contributed by atoms with Gasteiger partial charge in [0.05, 0.1) is 18.4 Å². The highest BCUT2D eigenvalue weighted by Crippen LogP contribution is 2.24. The Hall–Kier alpha value is -0.900. The van der Waals surface area contributed by atoms with Gasteiger partial charge in [0.2, 0.25) is 0 Å². The molecule has 0 amide bonds. The van der Waals surface area contributed by atoms with Crippen molar-refractivity contribution in [3.05, 3.63) is 0 Å². The molecule has 4 nitrogen and oxygen atoms in total. The van der Waals surface area contributed by atoms with Crippen LogP contribution in [-0.2, 0) is 9.59 Å². The molecule has 4 heteroatoms. The molecule has 1 atom stereocenters. The number of hydrogen-bond acceptors (Lipinski definition) is 3. The molecule has 62 valence electrons. The highest BCUT2D eigenvalue weighted by atomic mass is 16.4. The van der Waals surface area contributed by atoms with Gasteiger partial charge >= 0.3 is 5.97 Å². The van der Waals surface area contributed by atoms with Gasteiger partial charge in [-0.1, -0.05) is 6.92 Å². The molecule has 11 heavy (non-hydrogen) atoms. The lowest BCUT2D eigenvalue weighted by atomic mass is 9.85. The highest BCUT2D eigenvalue weighted by molar-refractivity contribution is 5.91. The molecular formula is C7H11NO3. The molecule has 0 aromatic rings. The van der Waals surface area contributed by atoms with Crippen molar-refractivity contribution in [1.29, 1.82) is 0 Å². The summed E-state index contributed by atoms with van der Waals surface area (Å²) in [6.45, 7) is 2.48. The standard InChI is InChI=1S/C7H11NO3/c1-7(2-6(10)11)4-8-3-5(7)9/h8H,2-4H2,1H3,(H,10,11). The van der Waals surface area contributed by atoms with Crippen LogP contribution in [0.15, 0.2) is 0 Å². The van der Waals surface area contributed by atoms with E-state index in [0.717, 1.165) is 0 Å². The molecule has 0 saturated carbocycles. The van der Waals surface area contributed by atoms with Gasteiger partial charge in [-0.05, 0) is 0 Å². The number of nitrogens with one attached hydrogen (secondary N) is 1. The summed E-state index contributed by atoms with van der Waals surface area (Å²) >= 11 is 0. The lowest BCUT2D eigenvalue weighted by molar-refractivity contribution is -0.142. The number of carboxylic acid groups (broad SMARTS) is 1. The van der Waals surface area contributed by atoms with Crippen molar-refractivity contribution in [3.8, 4) is 0 Å². The fourth-order valence-corrected chi connectivity index (χ4v) is 1.26. The van der Waals surface area contributed by atoms with Crippen LogP contribution < -0.4 is 5.32 Å². The van der Waals surface area contributed by atoms with Gasteiger partial charge in [-0.15, -0.1) is 0 Å². The predicted octanol–water partition coefficient (Wildman–Crippen LogP) is -0.360. The topological polar surface area (TPSA) is 66.4 Å². The smallest absolute Gasteiger partial charge is 0.304 e. The SMILES string of the molecule is CC1(CC(=O)O)CNCC1=O. The van der Waals surface area contributed by atoms with Gasteiger partial charge < -0.3 is 10.4 Å². The number of carbonyl (C=O) groups excluding carboxylic acids is 1. The van der Waals surface area contributed by atoms with Crippen LogP contribution >= 0.6 is 0 Å². The van der Waals surface area contributed by atoms with E-state index in [2.05, 4.69) is 5.32 Å². The first kappa shape index (κ1) is 8.20. The fourth-order valence-electron chi connectivity index (χ4n) is 1.26. The van der Waals surface area contributed by atoms with Crippen molar-refractivity contribution >= 4 is 11.8 Å². The van der Waals surface area contributed by atoms with E-state index < -0.39 is 11.4 Å². The van der Waals surface area contributed by atoms with Gasteiger partial charge in [0.25, 0.3) is 0 Å². The Morgan fingerprint density at radius 1 is 1.82 bits per heavy atom. The van der Waals surface area contributed by atoms with Crippen molar-refractivity contribution in [2.75, 3.05) is 13.1 Å². The quantitative estimate of drug-likeness (QED) is 0.574. The van der Waals surface area contributed by atoms with Gasteiger partial charge in [-0.3, -0.25) is 9.59 Å². The van der Waals surface area contributed by atoms with Gasteiger partial charge in [0.1, 0.15) is 0 Å². The molecule has 1 unspecified atom stereocenters. The summed E-state index contributed by atoms with van der Waals surface area (Å²) in [6.07, 6.45) is -0.0706. The maximum absolute atomic E-state index is 11.1. The molecule has 1 rings (SSSR count). The normalized spacial score (nSPS) is 30.8. The third-order valence-electron chi connectivity index (χ3n) is 2.02. The van der Waals surface area contributed by atoms with Crippen LogP contribution in [0.4, 0.5) is 0 Å². The zero-order valence-electron chi connectivity index (χ0n) is 6.39. The Kier molecular flexibility index (Phi) is 1.95. The average Bonchev–Trinajstić information content (AvgIpc) is 2.11. The van der Waals surface area contributed by atoms with E-state index in [0.29, 0.717) is 13.1 Å². The van der Waals surface area contributed by atoms with E-state index in [9.17, 15) is 9.59 Å². The molecule has 1 saturated heterocycles. The lowest BCUT2D eigenvalue weighted by Crippen LogP contribution is -2.29. The molecule has 1 heterocycles. The van der Waals surface area contributed by atoms with Crippen LogP contribution in [0.3, 0.4) is 0 Å². The molecule has 0 aromatic heterocycles. The molecule has 0 aliphatic carbocycles. The van der Waals surface area contributed by atoms with Gasteiger partial charge in [-0.2, -0.15) is 0 Å². The molecule has 1 aliphatic heterocycles. The van der Waals surface area contributed by atoms with E-state index in [1.165, 1.54) is 0 Å². The molecule has 0 bridgehead atoms. The summed E-state index contributed by atoms with van der Waals surface area (Å²) in [5.74, 6) is -0.913. The highest BCUT2D eigenvalue weighted by Gasteiger charge is 2.38. The lowest BCUT2D eigenvalue weighted by Gasteiger charge is -2.17. The number of Topliss-reactive ketones (excluding diaryl/α,β-unsaturated/α-hetero) is 1. The number of ketones is 1. The van der Waals surface area contributed by atoms with Crippen molar-refractivity contribution in [2.45, 2.75) is 13.3 Å². The van der Waals surface area contributed by atoms with Gasteiger partial charge in [0.15, 0.2) is 5.78 Å². The molecule has 1 fully saturated rings. The van der Waals surface area contributed by atoms with Crippen LogP contribution in [0.5, 0.6) is 0 Å². The van der Waals surface area contributed by atoms with Crippen LogP contribution in [0.25, 0.3) is 0 Å². The summed E-state index contributed by atoms with van der Waals surface area (Å²) in [7, 11) is 0. The Labute approximate surface area is 64.6 Å². The van der Waals surface area contributed by atoms with Gasteiger partial charge in [-0.25, -0.2) is 0 Å². The predicted molar refractivity (Wildman–Crippen MR) is 38.2 cm³/mol. The number of aliphatic carboxylic acids is 1. The zero-order chi connectivity index (χ0) is 8.48. The first-order valence-electron chi connectivity index (χ1n) is 3.50. The van der Waals surface area contributed by atoms with Gasteiger partial charge in [0, 0.05) is 6.54 Å². The average molecular weight is 157 g/mol. The minimum atomic E-state index is -0.912. The number of rotatable bonds is 2. The fraction of sp³-hybridized carbons (Fsp3) is 0.714. The third kappa shape index (κ3) is 1.57. The Morgan fingerprint density at radius 2 is 2.45 bits per heavy atom. The van der Waals surface area contributed by atoms with Crippen molar-refractivity contribution in [3.63, 3.8) is 0 Å². The Bertz CT molecular complexity index is 202. The second kappa shape index (κ2) is 2.62. The second-order valence-corrected chi connectivity index (χ2v) is 3.16. The summed E-state index contributed by atoms with van der Waals surface area (Å²) in [4.78, 5) is 21.4. The minimum absolute atomic E-state index is 0.0000926. The molecule has 1 aliphatic rings. The monoisotopic (exact) mass is 157 g/mol. The van der Waals surface area contributed by atoms with Crippen LogP contribution in [0.1, 0.15) is 13.3 Å². The number of hydrogen-bond donors (Lipinski definition) is 2. The number of carboxylic acids is 1. The van der Waals surface area contributed by atoms with Crippen molar-refractivity contribution in [1.82, 2.24) is 5.32 Å². The molecule has 0 radical (unpaired) electrons. The van der Waals surface area contributed by atoms with Crippen LogP contribution in [0, 0.1) is 5.41 Å². The van der Waals surface area contributed by atoms with Crippen molar-refractivity contribution < 1.29 is 14.7 Å². The Balaban J connectivity index is 2.65. The zero-order valence-corrected chi connectivity index (χ0v) is 6.39. The summed E-state index contributed by atoms with van der Waals surface area (Å²) in [5.41, 5.74) is -0.675. The molecule has 0 aromatic carbocycles. The van der Waals surface area contributed by atoms with E-state index in [1.54, 1.807) is 6.92 Å². The van der Waals surface area contributed by atoms with E-state index >= 15 is 0 Å². The molecular weight excluding hydrogens is 146 g/mol. The first-order chi connectivity index (χ1) is 5.04. The summed E-state index contributed by atoms with van der Waals surface area (Å²) < 4.78 is 0. The summed E-state index contributed by atoms with van der Waals surface area (Å²) in [5, 5.41) is 11.3. The first-order valence-corrected chi connectivity index (χ1v) is 3.50. The maximum atomic E-state index is 11.1. The Morgan fingerprint density at radius 3 is 2.82 bits per heavy atom. The third-order valence-corrected chi connectivity index (χ3v) is 2.02. The van der Waals surface area contributed by atoms with Crippen molar-refractivity contribution in [2.24, 2.45) is 5.41 Å². The second-order valence-electron chi connectivity index (χ2n) is 3.16. The van der Waals surface area contributed by atoms with Crippen LogP contribution in [-0.4, -0.2) is 29.9 Å². The largest absolute Gasteiger partial charge is 0.481 e. The van der Waals surface area contributed by atoms with E-state index in [-0.39, 0.29) is 12.2 Å².